The van der Waals surface area contributed by atoms with Gasteiger partial charge >= 0.3 is 0 Å². The molecule has 2 rings (SSSR count). The molecular weight excluding hydrogens is 134 g/mol. The Balaban J connectivity index is 1.98. The van der Waals surface area contributed by atoms with Crippen LogP contribution in [0.2, 0.25) is 0 Å². The molecule has 0 heterocycles. The predicted octanol–water partition coefficient (Wildman–Crippen LogP) is 2.17. The minimum Gasteiger partial charge on any atom is -0.317 e. The minimum absolute atomic E-state index is 0.861. The van der Waals surface area contributed by atoms with Crippen LogP contribution in [0, 0.1) is 11.8 Å². The average molecular weight is 153 g/mol. The maximum absolute atomic E-state index is 3.46. The van der Waals surface area contributed by atoms with Crippen LogP contribution < -0.4 is 5.32 Å². The van der Waals surface area contributed by atoms with Gasteiger partial charge in [0.1, 0.15) is 0 Å². The highest BCUT2D eigenvalue weighted by Crippen LogP contribution is 2.41. The Hall–Kier alpha value is -0.0400. The van der Waals surface area contributed by atoms with Crippen molar-refractivity contribution in [2.24, 2.45) is 11.8 Å². The van der Waals surface area contributed by atoms with E-state index in [-0.39, 0.29) is 0 Å². The van der Waals surface area contributed by atoms with E-state index in [9.17, 15) is 0 Å². The van der Waals surface area contributed by atoms with Crippen LogP contribution in [0.5, 0.6) is 0 Å². The number of rotatable bonds is 1. The lowest BCUT2D eigenvalue weighted by atomic mass is 9.80. The number of nitrogens with one attached hydrogen (secondary N) is 1. The zero-order valence-corrected chi connectivity index (χ0v) is 7.47. The summed E-state index contributed by atoms with van der Waals surface area (Å²) in [5.74, 6) is 2.12. The van der Waals surface area contributed by atoms with Gasteiger partial charge in [0.15, 0.2) is 0 Å². The third-order valence-electron chi connectivity index (χ3n) is 3.70. The average Bonchev–Trinajstić information content (AvgIpc) is 2.47. The first-order valence-electron chi connectivity index (χ1n) is 5.09. The first-order chi connectivity index (χ1) is 5.42. The maximum atomic E-state index is 3.46. The van der Waals surface area contributed by atoms with Crippen LogP contribution in [-0.2, 0) is 0 Å². The Kier molecular flexibility index (Phi) is 2.17. The molecule has 64 valence electrons. The van der Waals surface area contributed by atoms with Crippen LogP contribution in [0.25, 0.3) is 0 Å². The van der Waals surface area contributed by atoms with E-state index in [1.807, 2.05) is 0 Å². The zero-order valence-electron chi connectivity index (χ0n) is 7.47. The monoisotopic (exact) mass is 153 g/mol. The van der Waals surface area contributed by atoms with Crippen LogP contribution in [0.1, 0.15) is 38.5 Å². The standard InChI is InChI=1S/C10H19N/c1-11-10-7-6-8-4-2-3-5-9(8)10/h8-11H,2-7H2,1H3. The SMILES string of the molecule is CNC1CCC2CCCCC21. The van der Waals surface area contributed by atoms with Crippen molar-refractivity contribution in [2.45, 2.75) is 44.6 Å². The summed E-state index contributed by atoms with van der Waals surface area (Å²) in [4.78, 5) is 0. The molecule has 0 saturated heterocycles. The highest BCUT2D eigenvalue weighted by atomic mass is 14.9. The van der Waals surface area contributed by atoms with Crippen molar-refractivity contribution in [1.82, 2.24) is 5.32 Å². The van der Waals surface area contributed by atoms with E-state index in [1.54, 1.807) is 0 Å². The van der Waals surface area contributed by atoms with Crippen LogP contribution in [0.15, 0.2) is 0 Å². The van der Waals surface area contributed by atoms with Gasteiger partial charge in [0.2, 0.25) is 0 Å². The van der Waals surface area contributed by atoms with E-state index in [1.165, 1.54) is 38.5 Å². The highest BCUT2D eigenvalue weighted by Gasteiger charge is 2.36. The molecule has 0 amide bonds. The van der Waals surface area contributed by atoms with Crippen molar-refractivity contribution in [3.8, 4) is 0 Å². The van der Waals surface area contributed by atoms with E-state index < -0.39 is 0 Å². The summed E-state index contributed by atoms with van der Waals surface area (Å²) in [7, 11) is 2.13. The molecule has 0 aliphatic heterocycles. The van der Waals surface area contributed by atoms with E-state index in [4.69, 9.17) is 0 Å². The fourth-order valence-electron chi connectivity index (χ4n) is 3.09. The van der Waals surface area contributed by atoms with Crippen LogP contribution in [0.4, 0.5) is 0 Å². The Morgan fingerprint density at radius 3 is 2.64 bits per heavy atom. The molecule has 2 aliphatic carbocycles. The third-order valence-corrected chi connectivity index (χ3v) is 3.70. The Morgan fingerprint density at radius 1 is 1.00 bits per heavy atom. The fourth-order valence-corrected chi connectivity index (χ4v) is 3.09. The molecule has 0 aromatic rings. The van der Waals surface area contributed by atoms with Gasteiger partial charge in [0.25, 0.3) is 0 Å². The zero-order chi connectivity index (χ0) is 7.68. The van der Waals surface area contributed by atoms with Gasteiger partial charge in [-0.1, -0.05) is 19.3 Å². The molecule has 0 aromatic carbocycles. The van der Waals surface area contributed by atoms with Crippen LogP contribution in [0.3, 0.4) is 0 Å². The molecule has 2 saturated carbocycles. The Morgan fingerprint density at radius 2 is 1.82 bits per heavy atom. The van der Waals surface area contributed by atoms with Crippen molar-refractivity contribution in [3.05, 3.63) is 0 Å². The second kappa shape index (κ2) is 3.14. The van der Waals surface area contributed by atoms with Crippen molar-refractivity contribution in [3.63, 3.8) is 0 Å². The van der Waals surface area contributed by atoms with E-state index >= 15 is 0 Å². The van der Waals surface area contributed by atoms with Gasteiger partial charge in [-0.2, -0.15) is 0 Å². The molecule has 0 spiro atoms. The topological polar surface area (TPSA) is 12.0 Å². The summed E-state index contributed by atoms with van der Waals surface area (Å²) in [6.07, 6.45) is 8.93. The quantitative estimate of drug-likeness (QED) is 0.609. The van der Waals surface area contributed by atoms with Gasteiger partial charge in [-0.25, -0.2) is 0 Å². The molecular formula is C10H19N. The summed E-state index contributed by atoms with van der Waals surface area (Å²) in [5, 5.41) is 3.46. The normalized spacial score (nSPS) is 43.9. The molecule has 0 aromatic heterocycles. The minimum atomic E-state index is 0.861. The summed E-state index contributed by atoms with van der Waals surface area (Å²) >= 11 is 0. The number of hydrogen-bond acceptors (Lipinski definition) is 1. The molecule has 2 aliphatic rings. The van der Waals surface area contributed by atoms with Crippen molar-refractivity contribution in [1.29, 1.82) is 0 Å². The highest BCUT2D eigenvalue weighted by molar-refractivity contribution is 4.90. The molecule has 0 bridgehead atoms. The lowest BCUT2D eigenvalue weighted by Gasteiger charge is -2.28. The Labute approximate surface area is 69.6 Å². The van der Waals surface area contributed by atoms with Crippen LogP contribution in [-0.4, -0.2) is 13.1 Å². The van der Waals surface area contributed by atoms with E-state index in [0.717, 1.165) is 17.9 Å². The van der Waals surface area contributed by atoms with E-state index in [0.29, 0.717) is 0 Å². The van der Waals surface area contributed by atoms with E-state index in [2.05, 4.69) is 12.4 Å². The smallest absolute Gasteiger partial charge is 0.00950 e. The van der Waals surface area contributed by atoms with Crippen molar-refractivity contribution >= 4 is 0 Å². The lowest BCUT2D eigenvalue weighted by molar-refractivity contribution is 0.247. The fraction of sp³-hybridized carbons (Fsp3) is 1.00. The number of fused-ring (bicyclic) bond motifs is 1. The van der Waals surface area contributed by atoms with Gasteiger partial charge in [-0.3, -0.25) is 0 Å². The first kappa shape index (κ1) is 7.60. The third kappa shape index (κ3) is 1.31. The van der Waals surface area contributed by atoms with Crippen molar-refractivity contribution < 1.29 is 0 Å². The van der Waals surface area contributed by atoms with Crippen molar-refractivity contribution in [2.75, 3.05) is 7.05 Å². The van der Waals surface area contributed by atoms with Gasteiger partial charge < -0.3 is 5.32 Å². The maximum Gasteiger partial charge on any atom is 0.00950 e. The molecule has 0 radical (unpaired) electrons. The van der Waals surface area contributed by atoms with Crippen LogP contribution >= 0.6 is 0 Å². The molecule has 3 unspecified atom stereocenters. The molecule has 1 nitrogen and oxygen atoms in total. The van der Waals surface area contributed by atoms with Gasteiger partial charge in [0.05, 0.1) is 0 Å². The molecule has 11 heavy (non-hydrogen) atoms. The lowest BCUT2D eigenvalue weighted by Crippen LogP contribution is -2.32. The van der Waals surface area contributed by atoms with Gasteiger partial charge in [-0.15, -0.1) is 0 Å². The summed E-state index contributed by atoms with van der Waals surface area (Å²) in [5.41, 5.74) is 0. The van der Waals surface area contributed by atoms with Gasteiger partial charge in [-0.05, 0) is 38.1 Å². The Bertz CT molecular complexity index is 127. The summed E-state index contributed by atoms with van der Waals surface area (Å²) in [6.45, 7) is 0. The summed E-state index contributed by atoms with van der Waals surface area (Å²) in [6, 6.07) is 0.861. The molecule has 1 heteroatoms. The predicted molar refractivity (Wildman–Crippen MR) is 47.5 cm³/mol. The van der Waals surface area contributed by atoms with Gasteiger partial charge in [0, 0.05) is 6.04 Å². The largest absolute Gasteiger partial charge is 0.317 e. The number of hydrogen-bond donors (Lipinski definition) is 1. The second-order valence-electron chi connectivity index (χ2n) is 4.18. The first-order valence-corrected chi connectivity index (χ1v) is 5.09. The summed E-state index contributed by atoms with van der Waals surface area (Å²) < 4.78 is 0. The molecule has 1 N–H and O–H groups in total. The molecule has 3 atom stereocenters. The molecule has 2 fully saturated rings. The second-order valence-corrected chi connectivity index (χ2v) is 4.18.